The molecule has 0 radical (unpaired) electrons. The van der Waals surface area contributed by atoms with Crippen molar-refractivity contribution in [2.24, 2.45) is 0 Å². The van der Waals surface area contributed by atoms with E-state index in [-0.39, 0.29) is 17.0 Å². The first-order valence-corrected chi connectivity index (χ1v) is 5.82. The molecule has 0 atom stereocenters. The number of aromatic amines is 1. The van der Waals surface area contributed by atoms with Gasteiger partial charge in [0, 0.05) is 5.69 Å². The van der Waals surface area contributed by atoms with Gasteiger partial charge in [-0.1, -0.05) is 0 Å². The van der Waals surface area contributed by atoms with Gasteiger partial charge in [-0.2, -0.15) is 0 Å². The SMILES string of the molecule is Cc1cc(C(=O)O)ccc1NC(=O)c1nc[nH]c1C(=O)O. The van der Waals surface area contributed by atoms with Crippen LogP contribution in [0, 0.1) is 6.92 Å². The van der Waals surface area contributed by atoms with E-state index in [9.17, 15) is 14.4 Å². The number of anilines is 1. The molecule has 21 heavy (non-hydrogen) atoms. The molecule has 1 amide bonds. The summed E-state index contributed by atoms with van der Waals surface area (Å²) in [6.07, 6.45) is 1.11. The highest BCUT2D eigenvalue weighted by Crippen LogP contribution is 2.18. The van der Waals surface area contributed by atoms with Crippen molar-refractivity contribution < 1.29 is 24.6 Å². The number of amides is 1. The number of carboxylic acid groups (broad SMARTS) is 2. The standard InChI is InChI=1S/C13H11N3O5/c1-6-4-7(12(18)19)2-3-8(6)16-11(17)9-10(13(20)21)15-5-14-9/h2-5H,1H3,(H,14,15)(H,16,17)(H,18,19)(H,20,21). The summed E-state index contributed by atoms with van der Waals surface area (Å²) in [6.45, 7) is 1.63. The van der Waals surface area contributed by atoms with Gasteiger partial charge in [-0.3, -0.25) is 4.79 Å². The number of hydrogen-bond donors (Lipinski definition) is 4. The third-order valence-corrected chi connectivity index (χ3v) is 2.79. The van der Waals surface area contributed by atoms with Crippen molar-refractivity contribution >= 4 is 23.5 Å². The Morgan fingerprint density at radius 2 is 1.90 bits per heavy atom. The van der Waals surface area contributed by atoms with Crippen LogP contribution in [0.5, 0.6) is 0 Å². The molecule has 108 valence electrons. The number of carbonyl (C=O) groups excluding carboxylic acids is 1. The van der Waals surface area contributed by atoms with E-state index in [1.807, 2.05) is 0 Å². The Hall–Kier alpha value is -3.16. The first-order chi connectivity index (χ1) is 9.90. The maximum absolute atomic E-state index is 12.0. The number of aromatic carboxylic acids is 2. The van der Waals surface area contributed by atoms with Crippen LogP contribution >= 0.6 is 0 Å². The predicted octanol–water partition coefficient (Wildman–Crippen LogP) is 1.37. The average Bonchev–Trinajstić information content (AvgIpc) is 2.90. The molecule has 0 saturated carbocycles. The summed E-state index contributed by atoms with van der Waals surface area (Å²) in [6, 6.07) is 4.18. The highest BCUT2D eigenvalue weighted by Gasteiger charge is 2.20. The molecule has 1 aromatic heterocycles. The maximum atomic E-state index is 12.0. The molecule has 1 heterocycles. The van der Waals surface area contributed by atoms with Gasteiger partial charge in [0.25, 0.3) is 5.91 Å². The van der Waals surface area contributed by atoms with E-state index >= 15 is 0 Å². The van der Waals surface area contributed by atoms with Gasteiger partial charge in [-0.15, -0.1) is 0 Å². The lowest BCUT2D eigenvalue weighted by atomic mass is 10.1. The molecule has 8 heteroatoms. The molecular weight excluding hydrogens is 278 g/mol. The van der Waals surface area contributed by atoms with Crippen LogP contribution in [-0.4, -0.2) is 38.0 Å². The smallest absolute Gasteiger partial charge is 0.354 e. The second kappa shape index (κ2) is 5.45. The minimum Gasteiger partial charge on any atom is -0.478 e. The molecule has 2 aromatic rings. The van der Waals surface area contributed by atoms with E-state index < -0.39 is 17.8 Å². The number of H-pyrrole nitrogens is 1. The van der Waals surface area contributed by atoms with Gasteiger partial charge >= 0.3 is 11.9 Å². The molecule has 0 fully saturated rings. The topological polar surface area (TPSA) is 132 Å². The van der Waals surface area contributed by atoms with Crippen molar-refractivity contribution in [1.82, 2.24) is 9.97 Å². The lowest BCUT2D eigenvalue weighted by Gasteiger charge is -2.08. The van der Waals surface area contributed by atoms with Crippen LogP contribution in [0.2, 0.25) is 0 Å². The number of nitrogens with one attached hydrogen (secondary N) is 2. The van der Waals surface area contributed by atoms with Gasteiger partial charge in [0.05, 0.1) is 11.9 Å². The zero-order valence-corrected chi connectivity index (χ0v) is 10.9. The van der Waals surface area contributed by atoms with Crippen LogP contribution in [0.3, 0.4) is 0 Å². The summed E-state index contributed by atoms with van der Waals surface area (Å²) in [5, 5.41) is 20.3. The number of hydrogen-bond acceptors (Lipinski definition) is 4. The summed E-state index contributed by atoms with van der Waals surface area (Å²) in [5.74, 6) is -3.06. The number of imidazole rings is 1. The quantitative estimate of drug-likeness (QED) is 0.672. The number of rotatable bonds is 4. The van der Waals surface area contributed by atoms with Crippen LogP contribution in [-0.2, 0) is 0 Å². The largest absolute Gasteiger partial charge is 0.478 e. The molecule has 0 saturated heterocycles. The first kappa shape index (κ1) is 14.3. The number of carboxylic acids is 2. The molecule has 0 unspecified atom stereocenters. The Kier molecular flexibility index (Phi) is 3.70. The molecule has 0 aliphatic heterocycles. The highest BCUT2D eigenvalue weighted by molar-refractivity contribution is 6.09. The summed E-state index contributed by atoms with van der Waals surface area (Å²) in [5.41, 5.74) is 0.452. The summed E-state index contributed by atoms with van der Waals surface area (Å²) in [7, 11) is 0. The van der Waals surface area contributed by atoms with Gasteiger partial charge in [0.1, 0.15) is 0 Å². The van der Waals surface area contributed by atoms with E-state index in [0.29, 0.717) is 11.3 Å². The van der Waals surface area contributed by atoms with Crippen molar-refractivity contribution in [1.29, 1.82) is 0 Å². The molecule has 0 aliphatic carbocycles. The van der Waals surface area contributed by atoms with E-state index in [4.69, 9.17) is 10.2 Å². The van der Waals surface area contributed by atoms with Crippen molar-refractivity contribution in [3.8, 4) is 0 Å². The lowest BCUT2D eigenvalue weighted by molar-refractivity contribution is 0.0680. The first-order valence-electron chi connectivity index (χ1n) is 5.82. The zero-order chi connectivity index (χ0) is 15.6. The minimum atomic E-state index is -1.30. The highest BCUT2D eigenvalue weighted by atomic mass is 16.4. The number of carbonyl (C=O) groups is 3. The number of benzene rings is 1. The summed E-state index contributed by atoms with van der Waals surface area (Å²) < 4.78 is 0. The van der Waals surface area contributed by atoms with Crippen LogP contribution < -0.4 is 5.32 Å². The molecule has 4 N–H and O–H groups in total. The normalized spacial score (nSPS) is 10.1. The second-order valence-electron chi connectivity index (χ2n) is 4.22. The fourth-order valence-electron chi connectivity index (χ4n) is 1.75. The van der Waals surface area contributed by atoms with Crippen molar-refractivity contribution in [2.45, 2.75) is 6.92 Å². The Labute approximate surface area is 118 Å². The molecular formula is C13H11N3O5. The van der Waals surface area contributed by atoms with Crippen LogP contribution in [0.25, 0.3) is 0 Å². The fourth-order valence-corrected chi connectivity index (χ4v) is 1.75. The number of aryl methyl sites for hydroxylation is 1. The average molecular weight is 289 g/mol. The Morgan fingerprint density at radius 3 is 2.48 bits per heavy atom. The van der Waals surface area contributed by atoms with Crippen molar-refractivity contribution in [3.05, 3.63) is 47.0 Å². The maximum Gasteiger partial charge on any atom is 0.354 e. The van der Waals surface area contributed by atoms with Gasteiger partial charge in [0.15, 0.2) is 11.4 Å². The molecule has 1 aromatic carbocycles. The number of aromatic nitrogens is 2. The van der Waals surface area contributed by atoms with E-state index in [2.05, 4.69) is 15.3 Å². The van der Waals surface area contributed by atoms with Gasteiger partial charge in [0.2, 0.25) is 0 Å². The molecule has 0 bridgehead atoms. The lowest BCUT2D eigenvalue weighted by Crippen LogP contribution is -2.17. The van der Waals surface area contributed by atoms with Crippen LogP contribution in [0.1, 0.15) is 36.9 Å². The summed E-state index contributed by atoms with van der Waals surface area (Å²) >= 11 is 0. The van der Waals surface area contributed by atoms with Gasteiger partial charge in [-0.25, -0.2) is 14.6 Å². The zero-order valence-electron chi connectivity index (χ0n) is 10.9. The second-order valence-corrected chi connectivity index (χ2v) is 4.22. The van der Waals surface area contributed by atoms with Crippen molar-refractivity contribution in [2.75, 3.05) is 5.32 Å². The van der Waals surface area contributed by atoms with Gasteiger partial charge in [-0.05, 0) is 30.7 Å². The molecule has 0 aliphatic rings. The van der Waals surface area contributed by atoms with Crippen LogP contribution in [0.15, 0.2) is 24.5 Å². The fraction of sp³-hybridized carbons (Fsp3) is 0.0769. The molecule has 8 nitrogen and oxygen atoms in total. The van der Waals surface area contributed by atoms with Gasteiger partial charge < -0.3 is 20.5 Å². The van der Waals surface area contributed by atoms with Crippen LogP contribution in [0.4, 0.5) is 5.69 Å². The third-order valence-electron chi connectivity index (χ3n) is 2.79. The van der Waals surface area contributed by atoms with E-state index in [1.54, 1.807) is 6.92 Å². The molecule has 2 rings (SSSR count). The Morgan fingerprint density at radius 1 is 1.19 bits per heavy atom. The summed E-state index contributed by atoms with van der Waals surface area (Å²) in [4.78, 5) is 39.8. The number of nitrogens with zero attached hydrogens (tertiary/aromatic N) is 1. The third kappa shape index (κ3) is 2.89. The Bertz CT molecular complexity index is 735. The van der Waals surface area contributed by atoms with E-state index in [1.165, 1.54) is 18.2 Å². The molecule has 0 spiro atoms. The monoisotopic (exact) mass is 289 g/mol. The van der Waals surface area contributed by atoms with Crippen molar-refractivity contribution in [3.63, 3.8) is 0 Å². The van der Waals surface area contributed by atoms with E-state index in [0.717, 1.165) is 6.33 Å². The predicted molar refractivity (Wildman–Crippen MR) is 71.6 cm³/mol. The minimum absolute atomic E-state index is 0.0940. The Balaban J connectivity index is 2.26.